The molecule has 1 saturated carbocycles. The lowest BCUT2D eigenvalue weighted by atomic mass is 10.0. The van der Waals surface area contributed by atoms with Crippen LogP contribution in [-0.2, 0) is 25.7 Å². The van der Waals surface area contributed by atoms with Crippen molar-refractivity contribution in [2.24, 2.45) is 11.8 Å². The van der Waals surface area contributed by atoms with Crippen molar-refractivity contribution < 1.29 is 0 Å². The predicted molar refractivity (Wildman–Crippen MR) is 152 cm³/mol. The molecule has 2 aromatic carbocycles. The van der Waals surface area contributed by atoms with Crippen molar-refractivity contribution in [1.29, 1.82) is 0 Å². The van der Waals surface area contributed by atoms with Crippen molar-refractivity contribution >= 4 is 17.6 Å². The Bertz CT molecular complexity index is 1550. The van der Waals surface area contributed by atoms with E-state index in [0.717, 1.165) is 61.4 Å². The average Bonchev–Trinajstić information content (AvgIpc) is 3.54. The van der Waals surface area contributed by atoms with Gasteiger partial charge in [0.2, 0.25) is 11.9 Å². The molecule has 0 radical (unpaired) electrons. The van der Waals surface area contributed by atoms with Gasteiger partial charge in [0, 0.05) is 30.4 Å². The topological polar surface area (TPSA) is 97.8 Å². The van der Waals surface area contributed by atoms with Gasteiger partial charge < -0.3 is 11.1 Å². The van der Waals surface area contributed by atoms with Gasteiger partial charge in [-0.1, -0.05) is 30.3 Å². The molecule has 39 heavy (non-hydrogen) atoms. The minimum Gasteiger partial charge on any atom is -0.368 e. The van der Waals surface area contributed by atoms with E-state index >= 15 is 0 Å². The fraction of sp³-hybridized carbons (Fsp3) is 0.419. The number of hydrogen-bond acceptors (Lipinski definition) is 7. The van der Waals surface area contributed by atoms with Crippen molar-refractivity contribution in [2.75, 3.05) is 24.1 Å². The third kappa shape index (κ3) is 4.27. The molecule has 3 N–H and O–H groups in total. The molecule has 4 aromatic rings. The van der Waals surface area contributed by atoms with E-state index in [4.69, 9.17) is 5.73 Å². The number of likely N-dealkylation sites (tertiary alicyclic amines) is 1. The Balaban J connectivity index is 1.01. The maximum Gasteiger partial charge on any atom is 0.248 e. The molecule has 3 heterocycles. The van der Waals surface area contributed by atoms with E-state index in [1.54, 1.807) is 4.68 Å². The SMILES string of the molecule is Nc1nc(Nc2ccc3c(c2)CC[C@H](N2CC4CC4C2)CC3)nn1-c1cc2c(nn1)-c1ccccc1CCC2. The summed E-state index contributed by atoms with van der Waals surface area (Å²) >= 11 is 0. The predicted octanol–water partition coefficient (Wildman–Crippen LogP) is 4.74. The first-order valence-corrected chi connectivity index (χ1v) is 14.5. The highest BCUT2D eigenvalue weighted by Crippen LogP contribution is 2.46. The van der Waals surface area contributed by atoms with Crippen LogP contribution < -0.4 is 11.1 Å². The van der Waals surface area contributed by atoms with Crippen LogP contribution in [-0.4, -0.2) is 49.0 Å². The number of aryl methyl sites for hydroxylation is 4. The van der Waals surface area contributed by atoms with Crippen LogP contribution in [0, 0.1) is 11.8 Å². The molecular weight excluding hydrogens is 484 g/mol. The molecule has 2 aromatic heterocycles. The molecule has 0 amide bonds. The first-order valence-electron chi connectivity index (χ1n) is 14.5. The summed E-state index contributed by atoms with van der Waals surface area (Å²) in [5.41, 5.74) is 14.8. The number of nitrogens with one attached hydrogen (secondary N) is 1. The van der Waals surface area contributed by atoms with Crippen LogP contribution in [0.25, 0.3) is 17.1 Å². The number of nitrogen functional groups attached to an aromatic ring is 1. The zero-order valence-electron chi connectivity index (χ0n) is 22.2. The highest BCUT2D eigenvalue weighted by molar-refractivity contribution is 5.68. The van der Waals surface area contributed by atoms with E-state index in [-0.39, 0.29) is 0 Å². The van der Waals surface area contributed by atoms with Crippen LogP contribution in [0.2, 0.25) is 0 Å². The number of piperidine rings is 1. The third-order valence-corrected chi connectivity index (χ3v) is 9.35. The largest absolute Gasteiger partial charge is 0.368 e. The summed E-state index contributed by atoms with van der Waals surface area (Å²) < 4.78 is 1.58. The van der Waals surface area contributed by atoms with E-state index in [0.29, 0.717) is 17.7 Å². The third-order valence-electron chi connectivity index (χ3n) is 9.35. The van der Waals surface area contributed by atoms with E-state index in [1.165, 1.54) is 60.2 Å². The van der Waals surface area contributed by atoms with Gasteiger partial charge in [-0.05, 0) is 104 Å². The molecule has 8 rings (SSSR count). The number of rotatable bonds is 4. The number of nitrogens with zero attached hydrogens (tertiary/aromatic N) is 6. The maximum atomic E-state index is 6.31. The quantitative estimate of drug-likeness (QED) is 0.377. The molecule has 3 atom stereocenters. The van der Waals surface area contributed by atoms with Crippen LogP contribution >= 0.6 is 0 Å². The second-order valence-electron chi connectivity index (χ2n) is 11.8. The van der Waals surface area contributed by atoms with Gasteiger partial charge in [0.1, 0.15) is 0 Å². The highest BCUT2D eigenvalue weighted by Gasteiger charge is 2.46. The number of benzene rings is 2. The standard InChI is InChI=1S/C31H34N8/c32-30-34-31(37-39(30)28-16-22-6-3-5-20-4-1-2-7-27(20)29(22)36-35-28)33-25-11-8-19-9-12-26(13-10-21(19)15-25)38-17-23-14-24(23)18-38/h1-2,4,7-8,11,15-16,23-24,26H,3,5-6,9-10,12-14,17-18H2,(H3,32,33,34,37)/t23?,24?,26-/m1/s1. The van der Waals surface area contributed by atoms with Gasteiger partial charge in [0.15, 0.2) is 5.82 Å². The summed E-state index contributed by atoms with van der Waals surface area (Å²) in [5, 5.41) is 17.2. The Morgan fingerprint density at radius 1 is 0.821 bits per heavy atom. The average molecular weight is 519 g/mol. The van der Waals surface area contributed by atoms with Crippen LogP contribution in [0.1, 0.15) is 47.9 Å². The molecule has 8 nitrogen and oxygen atoms in total. The molecule has 2 unspecified atom stereocenters. The molecule has 0 bridgehead atoms. The van der Waals surface area contributed by atoms with Gasteiger partial charge in [-0.3, -0.25) is 4.90 Å². The minimum absolute atomic E-state index is 0.294. The van der Waals surface area contributed by atoms with Gasteiger partial charge in [-0.15, -0.1) is 15.3 Å². The molecule has 8 heteroatoms. The van der Waals surface area contributed by atoms with Crippen LogP contribution in [0.15, 0.2) is 48.5 Å². The Morgan fingerprint density at radius 3 is 2.54 bits per heavy atom. The van der Waals surface area contributed by atoms with Crippen LogP contribution in [0.3, 0.4) is 0 Å². The van der Waals surface area contributed by atoms with E-state index < -0.39 is 0 Å². The van der Waals surface area contributed by atoms with Gasteiger partial charge in [-0.2, -0.15) is 9.67 Å². The lowest BCUT2D eigenvalue weighted by Crippen LogP contribution is -2.34. The minimum atomic E-state index is 0.294. The second-order valence-corrected chi connectivity index (χ2v) is 11.8. The molecule has 3 aliphatic carbocycles. The number of fused-ring (bicyclic) bond motifs is 5. The highest BCUT2D eigenvalue weighted by atomic mass is 15.4. The maximum absolute atomic E-state index is 6.31. The molecule has 2 fully saturated rings. The Kier molecular flexibility index (Phi) is 5.43. The van der Waals surface area contributed by atoms with Gasteiger partial charge >= 0.3 is 0 Å². The Hall–Kier alpha value is -3.78. The normalized spacial score (nSPS) is 23.6. The molecule has 0 spiro atoms. The van der Waals surface area contributed by atoms with Gasteiger partial charge in [-0.25, -0.2) is 0 Å². The van der Waals surface area contributed by atoms with E-state index in [1.807, 2.05) is 0 Å². The van der Waals surface area contributed by atoms with Crippen LogP contribution in [0.4, 0.5) is 17.6 Å². The fourth-order valence-electron chi connectivity index (χ4n) is 7.12. The molecule has 198 valence electrons. The first kappa shape index (κ1) is 23.1. The Labute approximate surface area is 228 Å². The molecule has 4 aliphatic rings. The van der Waals surface area contributed by atoms with E-state index in [9.17, 15) is 0 Å². The number of anilines is 3. The lowest BCUT2D eigenvalue weighted by Gasteiger charge is -2.27. The summed E-state index contributed by atoms with van der Waals surface area (Å²) in [4.78, 5) is 7.27. The van der Waals surface area contributed by atoms with Crippen molar-refractivity contribution in [1.82, 2.24) is 29.9 Å². The zero-order valence-corrected chi connectivity index (χ0v) is 22.2. The monoisotopic (exact) mass is 518 g/mol. The van der Waals surface area contributed by atoms with Crippen molar-refractivity contribution in [2.45, 2.75) is 57.4 Å². The lowest BCUT2D eigenvalue weighted by molar-refractivity contribution is 0.201. The number of nitrogens with two attached hydrogens (primary N) is 1. The summed E-state index contributed by atoms with van der Waals surface area (Å²) in [6, 6.07) is 17.9. The van der Waals surface area contributed by atoms with Crippen molar-refractivity contribution in [3.05, 3.63) is 70.8 Å². The Morgan fingerprint density at radius 2 is 1.64 bits per heavy atom. The zero-order chi connectivity index (χ0) is 25.9. The number of aromatic nitrogens is 5. The summed E-state index contributed by atoms with van der Waals surface area (Å²) in [6.07, 6.45) is 9.34. The number of hydrogen-bond donors (Lipinski definition) is 2. The van der Waals surface area contributed by atoms with Crippen molar-refractivity contribution in [3.63, 3.8) is 0 Å². The van der Waals surface area contributed by atoms with E-state index in [2.05, 4.69) is 79.0 Å². The van der Waals surface area contributed by atoms with Crippen molar-refractivity contribution in [3.8, 4) is 17.1 Å². The van der Waals surface area contributed by atoms with Gasteiger partial charge in [0.25, 0.3) is 0 Å². The molecular formula is C31H34N8. The summed E-state index contributed by atoms with van der Waals surface area (Å²) in [5.74, 6) is 3.36. The van der Waals surface area contributed by atoms with Gasteiger partial charge in [0.05, 0.1) is 5.69 Å². The second kappa shape index (κ2) is 9.16. The first-order chi connectivity index (χ1) is 19.2. The van der Waals surface area contributed by atoms with Crippen LogP contribution in [0.5, 0.6) is 0 Å². The summed E-state index contributed by atoms with van der Waals surface area (Å²) in [6.45, 7) is 2.66. The fourth-order valence-corrected chi connectivity index (χ4v) is 7.12. The molecule has 1 aliphatic heterocycles. The molecule has 1 saturated heterocycles. The summed E-state index contributed by atoms with van der Waals surface area (Å²) in [7, 11) is 0. The smallest absolute Gasteiger partial charge is 0.248 e.